The summed E-state index contributed by atoms with van der Waals surface area (Å²) in [5, 5.41) is 22.7. The van der Waals surface area contributed by atoms with Gasteiger partial charge in [-0.3, -0.25) is 0 Å². The van der Waals surface area contributed by atoms with Crippen molar-refractivity contribution in [2.75, 3.05) is 20.1 Å². The lowest BCUT2D eigenvalue weighted by Gasteiger charge is -2.22. The normalized spacial score (nSPS) is 14.4. The first-order valence-electron chi connectivity index (χ1n) is 5.91. The maximum absolute atomic E-state index is 11.4. The van der Waals surface area contributed by atoms with E-state index in [1.165, 1.54) is 6.92 Å². The Hall–Kier alpha value is -1.34. The predicted molar refractivity (Wildman–Crippen MR) is 67.4 cm³/mol. The second-order valence-corrected chi connectivity index (χ2v) is 4.53. The summed E-state index contributed by atoms with van der Waals surface area (Å²) in [6.07, 6.45) is -1.15. The Morgan fingerprint density at radius 1 is 1.28 bits per heavy atom. The Kier molecular flexibility index (Phi) is 7.30. The van der Waals surface area contributed by atoms with Crippen molar-refractivity contribution in [3.8, 4) is 0 Å². The maximum atomic E-state index is 11.4. The van der Waals surface area contributed by atoms with Crippen molar-refractivity contribution < 1.29 is 19.8 Å². The van der Waals surface area contributed by atoms with Gasteiger partial charge >= 0.3 is 12.0 Å². The van der Waals surface area contributed by atoms with Crippen LogP contribution in [0.2, 0.25) is 0 Å². The number of rotatable bonds is 7. The molecule has 7 heteroatoms. The number of aliphatic hydroxyl groups excluding tert-OH is 1. The number of likely N-dealkylation sites (N-methyl/N-ethyl adjacent to an activating group) is 1. The van der Waals surface area contributed by atoms with Gasteiger partial charge in [-0.25, -0.2) is 9.59 Å². The molecule has 0 aliphatic rings. The van der Waals surface area contributed by atoms with Gasteiger partial charge in [-0.05, 0) is 27.8 Å². The number of nitrogens with one attached hydrogen (secondary N) is 2. The molecule has 0 aromatic heterocycles. The second kappa shape index (κ2) is 7.88. The van der Waals surface area contributed by atoms with Gasteiger partial charge in [0.2, 0.25) is 0 Å². The summed E-state index contributed by atoms with van der Waals surface area (Å²) < 4.78 is 0. The molecule has 0 aliphatic heterocycles. The summed E-state index contributed by atoms with van der Waals surface area (Å²) in [6, 6.07) is -1.52. The van der Waals surface area contributed by atoms with E-state index in [1.807, 2.05) is 25.8 Å². The van der Waals surface area contributed by atoms with Gasteiger partial charge in [-0.1, -0.05) is 0 Å². The van der Waals surface area contributed by atoms with E-state index in [0.717, 1.165) is 0 Å². The number of hydrogen-bond acceptors (Lipinski definition) is 4. The number of carbonyl (C=O) groups is 2. The zero-order valence-electron chi connectivity index (χ0n) is 11.3. The molecule has 0 saturated heterocycles. The van der Waals surface area contributed by atoms with Crippen LogP contribution in [-0.2, 0) is 4.79 Å². The zero-order chi connectivity index (χ0) is 14.3. The zero-order valence-corrected chi connectivity index (χ0v) is 11.3. The Balaban J connectivity index is 4.00. The van der Waals surface area contributed by atoms with E-state index in [-0.39, 0.29) is 0 Å². The van der Waals surface area contributed by atoms with Gasteiger partial charge in [0.05, 0.1) is 6.10 Å². The van der Waals surface area contributed by atoms with E-state index < -0.39 is 24.1 Å². The Labute approximate surface area is 107 Å². The molecule has 0 rings (SSSR count). The van der Waals surface area contributed by atoms with Crippen LogP contribution in [0.3, 0.4) is 0 Å². The summed E-state index contributed by atoms with van der Waals surface area (Å²) in [5.74, 6) is -1.26. The van der Waals surface area contributed by atoms with Crippen LogP contribution < -0.4 is 10.6 Å². The van der Waals surface area contributed by atoms with Crippen LogP contribution in [0.25, 0.3) is 0 Å². The van der Waals surface area contributed by atoms with Crippen LogP contribution in [0.15, 0.2) is 0 Å². The van der Waals surface area contributed by atoms with Gasteiger partial charge in [0.15, 0.2) is 6.04 Å². The topological polar surface area (TPSA) is 102 Å². The average Bonchev–Trinajstić information content (AvgIpc) is 2.24. The standard InChI is InChI=1S/C11H23N3O4/c1-7(2)14(4)6-5-12-11(18)13-9(8(3)15)10(16)17/h7-9,15H,5-6H2,1-4H3,(H,16,17)(H2,12,13,18)/t8-,9+/m1/s1. The highest BCUT2D eigenvalue weighted by Crippen LogP contribution is 1.93. The summed E-state index contributed by atoms with van der Waals surface area (Å²) in [6.45, 7) is 6.46. The third-order valence-electron chi connectivity index (χ3n) is 2.67. The van der Waals surface area contributed by atoms with Crippen molar-refractivity contribution in [3.05, 3.63) is 0 Å². The molecular formula is C11H23N3O4. The van der Waals surface area contributed by atoms with Crippen molar-refractivity contribution in [2.24, 2.45) is 0 Å². The Bertz CT molecular complexity index is 281. The number of carbonyl (C=O) groups excluding carboxylic acids is 1. The van der Waals surface area contributed by atoms with E-state index in [4.69, 9.17) is 5.11 Å². The van der Waals surface area contributed by atoms with Gasteiger partial charge in [-0.15, -0.1) is 0 Å². The highest BCUT2D eigenvalue weighted by Gasteiger charge is 2.24. The molecule has 106 valence electrons. The first kappa shape index (κ1) is 16.7. The highest BCUT2D eigenvalue weighted by atomic mass is 16.4. The quantitative estimate of drug-likeness (QED) is 0.493. The molecule has 18 heavy (non-hydrogen) atoms. The fourth-order valence-electron chi connectivity index (χ4n) is 1.18. The van der Waals surface area contributed by atoms with E-state index >= 15 is 0 Å². The number of aliphatic hydroxyl groups is 1. The molecule has 0 saturated carbocycles. The molecule has 2 atom stereocenters. The van der Waals surface area contributed by atoms with Crippen molar-refractivity contribution in [1.29, 1.82) is 0 Å². The molecule has 0 radical (unpaired) electrons. The number of carboxylic acids is 1. The minimum absolute atomic E-state index is 0.374. The molecule has 0 heterocycles. The van der Waals surface area contributed by atoms with Crippen LogP contribution in [0, 0.1) is 0 Å². The van der Waals surface area contributed by atoms with Crippen LogP contribution in [-0.4, -0.2) is 65.4 Å². The van der Waals surface area contributed by atoms with Crippen LogP contribution in [0.5, 0.6) is 0 Å². The van der Waals surface area contributed by atoms with Gasteiger partial charge in [0, 0.05) is 19.1 Å². The van der Waals surface area contributed by atoms with Gasteiger partial charge < -0.3 is 25.7 Å². The Morgan fingerprint density at radius 3 is 2.22 bits per heavy atom. The van der Waals surface area contributed by atoms with Gasteiger partial charge in [0.25, 0.3) is 0 Å². The monoisotopic (exact) mass is 261 g/mol. The molecule has 0 aromatic carbocycles. The predicted octanol–water partition coefficient (Wildman–Crippen LogP) is -0.540. The van der Waals surface area contributed by atoms with Crippen molar-refractivity contribution >= 4 is 12.0 Å². The minimum Gasteiger partial charge on any atom is -0.480 e. The fourth-order valence-corrected chi connectivity index (χ4v) is 1.18. The number of amides is 2. The molecule has 0 bridgehead atoms. The van der Waals surface area contributed by atoms with E-state index in [0.29, 0.717) is 19.1 Å². The van der Waals surface area contributed by atoms with Crippen LogP contribution in [0.1, 0.15) is 20.8 Å². The molecule has 7 nitrogen and oxygen atoms in total. The summed E-state index contributed by atoms with van der Waals surface area (Å²) in [7, 11) is 1.93. The third kappa shape index (κ3) is 6.41. The van der Waals surface area contributed by atoms with E-state index in [1.54, 1.807) is 0 Å². The molecule has 0 fully saturated rings. The summed E-state index contributed by atoms with van der Waals surface area (Å²) in [5.41, 5.74) is 0. The number of carboxylic acid groups (broad SMARTS) is 1. The summed E-state index contributed by atoms with van der Waals surface area (Å²) >= 11 is 0. The fraction of sp³-hybridized carbons (Fsp3) is 0.818. The first-order valence-corrected chi connectivity index (χ1v) is 5.91. The highest BCUT2D eigenvalue weighted by molar-refractivity contribution is 5.82. The molecule has 0 unspecified atom stereocenters. The molecule has 0 spiro atoms. The lowest BCUT2D eigenvalue weighted by molar-refractivity contribution is -0.141. The van der Waals surface area contributed by atoms with Crippen LogP contribution in [0.4, 0.5) is 4.79 Å². The molecule has 0 aliphatic carbocycles. The largest absolute Gasteiger partial charge is 0.480 e. The SMILES string of the molecule is CC(C)N(C)CCNC(=O)N[C@H](C(=O)O)[C@@H](C)O. The second-order valence-electron chi connectivity index (χ2n) is 4.53. The molecule has 0 aromatic rings. The smallest absolute Gasteiger partial charge is 0.328 e. The average molecular weight is 261 g/mol. The van der Waals surface area contributed by atoms with Gasteiger partial charge in [-0.2, -0.15) is 0 Å². The van der Waals surface area contributed by atoms with Crippen molar-refractivity contribution in [3.63, 3.8) is 0 Å². The Morgan fingerprint density at radius 2 is 1.83 bits per heavy atom. The summed E-state index contributed by atoms with van der Waals surface area (Å²) in [4.78, 5) is 24.2. The number of hydrogen-bond donors (Lipinski definition) is 4. The van der Waals surface area contributed by atoms with Crippen LogP contribution >= 0.6 is 0 Å². The molecule has 2 amide bonds. The number of nitrogens with zero attached hydrogens (tertiary/aromatic N) is 1. The third-order valence-corrected chi connectivity index (χ3v) is 2.67. The number of aliphatic carboxylic acids is 1. The van der Waals surface area contributed by atoms with E-state index in [9.17, 15) is 14.7 Å². The van der Waals surface area contributed by atoms with Gasteiger partial charge in [0.1, 0.15) is 0 Å². The maximum Gasteiger partial charge on any atom is 0.328 e. The lowest BCUT2D eigenvalue weighted by Crippen LogP contribution is -2.52. The first-order chi connectivity index (χ1) is 8.25. The van der Waals surface area contributed by atoms with Crippen molar-refractivity contribution in [1.82, 2.24) is 15.5 Å². The van der Waals surface area contributed by atoms with Crippen molar-refractivity contribution in [2.45, 2.75) is 39.0 Å². The molecular weight excluding hydrogens is 238 g/mol. The minimum atomic E-state index is -1.30. The van der Waals surface area contributed by atoms with E-state index in [2.05, 4.69) is 10.6 Å². The number of urea groups is 1. The molecule has 4 N–H and O–H groups in total. The lowest BCUT2D eigenvalue weighted by atomic mass is 10.2.